The zero-order chi connectivity index (χ0) is 25.8. The van der Waals surface area contributed by atoms with Gasteiger partial charge >= 0.3 is 17.9 Å². The van der Waals surface area contributed by atoms with E-state index in [-0.39, 0.29) is 47.4 Å². The molecule has 196 valence electrons. The second kappa shape index (κ2) is 8.89. The SMILES string of the molecule is CC(=O)OC[C@]12CC[C@H](OC(C)=O)C[C@@H]1CC=C1[C@@H]2CC[C@]2(C)[C@@H](OC(=O)C(C)(C)C)CC[C@]12O. The van der Waals surface area contributed by atoms with E-state index in [1.54, 1.807) is 0 Å². The predicted octanol–water partition coefficient (Wildman–Crippen LogP) is 4.50. The molecule has 0 spiro atoms. The largest absolute Gasteiger partial charge is 0.465 e. The molecule has 35 heavy (non-hydrogen) atoms. The Hall–Kier alpha value is -1.89. The van der Waals surface area contributed by atoms with Crippen molar-refractivity contribution in [2.75, 3.05) is 6.61 Å². The molecule has 0 saturated heterocycles. The third kappa shape index (κ3) is 4.32. The van der Waals surface area contributed by atoms with E-state index in [1.165, 1.54) is 13.8 Å². The fraction of sp³-hybridized carbons (Fsp3) is 0.821. The maximum absolute atomic E-state index is 12.7. The van der Waals surface area contributed by atoms with Gasteiger partial charge in [-0.3, -0.25) is 14.4 Å². The van der Waals surface area contributed by atoms with Crippen LogP contribution in [0.15, 0.2) is 11.6 Å². The highest BCUT2D eigenvalue weighted by molar-refractivity contribution is 5.75. The number of fused-ring (bicyclic) bond motifs is 5. The zero-order valence-corrected chi connectivity index (χ0v) is 22.1. The van der Waals surface area contributed by atoms with Gasteiger partial charge in [0.15, 0.2) is 0 Å². The van der Waals surface area contributed by atoms with Crippen molar-refractivity contribution in [3.05, 3.63) is 11.6 Å². The summed E-state index contributed by atoms with van der Waals surface area (Å²) < 4.78 is 17.2. The van der Waals surface area contributed by atoms with Crippen molar-refractivity contribution in [1.82, 2.24) is 0 Å². The fourth-order valence-electron chi connectivity index (χ4n) is 7.57. The first-order valence-corrected chi connectivity index (χ1v) is 13.2. The Labute approximate surface area is 208 Å². The molecule has 3 saturated carbocycles. The Balaban J connectivity index is 1.65. The van der Waals surface area contributed by atoms with Crippen molar-refractivity contribution in [1.29, 1.82) is 0 Å². The number of esters is 3. The molecule has 0 aliphatic heterocycles. The van der Waals surface area contributed by atoms with E-state index in [9.17, 15) is 19.5 Å². The van der Waals surface area contributed by atoms with Crippen LogP contribution in [0.3, 0.4) is 0 Å². The molecule has 0 unspecified atom stereocenters. The highest BCUT2D eigenvalue weighted by Crippen LogP contribution is 2.66. The van der Waals surface area contributed by atoms with Gasteiger partial charge < -0.3 is 19.3 Å². The zero-order valence-electron chi connectivity index (χ0n) is 22.1. The van der Waals surface area contributed by atoms with Crippen molar-refractivity contribution >= 4 is 17.9 Å². The van der Waals surface area contributed by atoms with Crippen LogP contribution in [-0.2, 0) is 28.6 Å². The fourth-order valence-corrected chi connectivity index (χ4v) is 7.57. The predicted molar refractivity (Wildman–Crippen MR) is 129 cm³/mol. The van der Waals surface area contributed by atoms with Gasteiger partial charge in [0.1, 0.15) is 12.2 Å². The molecule has 7 heteroatoms. The van der Waals surface area contributed by atoms with Gasteiger partial charge in [-0.1, -0.05) is 13.0 Å². The van der Waals surface area contributed by atoms with Crippen molar-refractivity contribution < 1.29 is 33.7 Å². The number of hydrogen-bond acceptors (Lipinski definition) is 7. The summed E-state index contributed by atoms with van der Waals surface area (Å²) in [4.78, 5) is 36.2. The molecule has 0 bridgehead atoms. The topological polar surface area (TPSA) is 99.1 Å². The van der Waals surface area contributed by atoms with E-state index in [0.29, 0.717) is 19.4 Å². The molecule has 4 rings (SSSR count). The summed E-state index contributed by atoms with van der Waals surface area (Å²) in [7, 11) is 0. The van der Waals surface area contributed by atoms with Gasteiger partial charge in [-0.05, 0) is 89.5 Å². The maximum Gasteiger partial charge on any atom is 0.311 e. The van der Waals surface area contributed by atoms with E-state index in [4.69, 9.17) is 14.2 Å². The van der Waals surface area contributed by atoms with E-state index in [0.717, 1.165) is 44.1 Å². The van der Waals surface area contributed by atoms with Crippen LogP contribution >= 0.6 is 0 Å². The van der Waals surface area contributed by atoms with Crippen LogP contribution in [0.1, 0.15) is 92.9 Å². The van der Waals surface area contributed by atoms with Gasteiger partial charge in [-0.15, -0.1) is 0 Å². The van der Waals surface area contributed by atoms with Crippen molar-refractivity contribution in [2.24, 2.45) is 28.1 Å². The first kappa shape index (κ1) is 26.2. The molecular weight excluding hydrogens is 448 g/mol. The van der Waals surface area contributed by atoms with Crippen LogP contribution in [0.2, 0.25) is 0 Å². The van der Waals surface area contributed by atoms with Crippen LogP contribution < -0.4 is 0 Å². The minimum Gasteiger partial charge on any atom is -0.465 e. The highest BCUT2D eigenvalue weighted by Gasteiger charge is 2.67. The second-order valence-corrected chi connectivity index (χ2v) is 12.7. The first-order chi connectivity index (χ1) is 16.2. The van der Waals surface area contributed by atoms with Crippen LogP contribution in [-0.4, -0.2) is 47.4 Å². The number of allylic oxidation sites excluding steroid dienone is 1. The van der Waals surface area contributed by atoms with E-state index >= 15 is 0 Å². The summed E-state index contributed by atoms with van der Waals surface area (Å²) in [5, 5.41) is 12.3. The van der Waals surface area contributed by atoms with Gasteiger partial charge in [0.25, 0.3) is 0 Å². The lowest BCUT2D eigenvalue weighted by Crippen LogP contribution is -2.60. The van der Waals surface area contributed by atoms with Crippen molar-refractivity contribution in [3.8, 4) is 0 Å². The van der Waals surface area contributed by atoms with Crippen LogP contribution in [0.25, 0.3) is 0 Å². The molecule has 7 nitrogen and oxygen atoms in total. The third-order valence-electron chi connectivity index (χ3n) is 9.58. The Morgan fingerprint density at radius 1 is 1.03 bits per heavy atom. The lowest BCUT2D eigenvalue weighted by molar-refractivity contribution is -0.178. The lowest BCUT2D eigenvalue weighted by atomic mass is 9.47. The molecule has 0 amide bonds. The summed E-state index contributed by atoms with van der Waals surface area (Å²) in [5.41, 5.74) is -1.46. The maximum atomic E-state index is 12.7. The number of rotatable bonds is 4. The quantitative estimate of drug-likeness (QED) is 0.352. The molecule has 7 atom stereocenters. The summed E-state index contributed by atoms with van der Waals surface area (Å²) in [6, 6.07) is 0. The molecule has 0 aromatic carbocycles. The van der Waals surface area contributed by atoms with E-state index in [2.05, 4.69) is 13.0 Å². The van der Waals surface area contributed by atoms with Gasteiger partial charge in [0.05, 0.1) is 17.6 Å². The van der Waals surface area contributed by atoms with Crippen LogP contribution in [0.4, 0.5) is 0 Å². The number of hydrogen-bond donors (Lipinski definition) is 1. The van der Waals surface area contributed by atoms with Gasteiger partial charge in [0, 0.05) is 24.7 Å². The van der Waals surface area contributed by atoms with Crippen molar-refractivity contribution in [3.63, 3.8) is 0 Å². The normalized spacial score (nSPS) is 40.5. The first-order valence-electron chi connectivity index (χ1n) is 13.2. The number of carbonyl (C=O) groups excluding carboxylic acids is 3. The molecular formula is C28H42O7. The molecule has 0 radical (unpaired) electrons. The summed E-state index contributed by atoms with van der Waals surface area (Å²) in [5.74, 6) is -0.515. The number of ether oxygens (including phenoxy) is 3. The number of aliphatic hydroxyl groups is 1. The molecule has 0 heterocycles. The van der Waals surface area contributed by atoms with Crippen LogP contribution in [0, 0.1) is 28.1 Å². The van der Waals surface area contributed by atoms with Gasteiger partial charge in [0.2, 0.25) is 0 Å². The summed E-state index contributed by atoms with van der Waals surface area (Å²) in [6.45, 7) is 10.8. The number of carbonyl (C=O) groups is 3. The minimum absolute atomic E-state index is 0.0778. The Bertz CT molecular complexity index is 917. The van der Waals surface area contributed by atoms with Crippen LogP contribution in [0.5, 0.6) is 0 Å². The van der Waals surface area contributed by atoms with Gasteiger partial charge in [-0.25, -0.2) is 0 Å². The molecule has 4 aliphatic carbocycles. The Kier molecular flexibility index (Phi) is 6.65. The molecule has 1 N–H and O–H groups in total. The van der Waals surface area contributed by atoms with E-state index < -0.39 is 16.4 Å². The molecule has 3 fully saturated rings. The van der Waals surface area contributed by atoms with Crippen molar-refractivity contribution in [2.45, 2.75) is 111 Å². The second-order valence-electron chi connectivity index (χ2n) is 12.7. The van der Waals surface area contributed by atoms with Gasteiger partial charge in [-0.2, -0.15) is 0 Å². The Morgan fingerprint density at radius 2 is 1.74 bits per heavy atom. The average Bonchev–Trinajstić information content (AvgIpc) is 3.02. The molecule has 4 aliphatic rings. The molecule has 0 aromatic rings. The lowest BCUT2D eigenvalue weighted by Gasteiger charge is -2.60. The summed E-state index contributed by atoms with van der Waals surface area (Å²) >= 11 is 0. The average molecular weight is 491 g/mol. The Morgan fingerprint density at radius 3 is 2.37 bits per heavy atom. The minimum atomic E-state index is -1.06. The third-order valence-corrected chi connectivity index (χ3v) is 9.58. The monoisotopic (exact) mass is 490 g/mol. The standard InChI is InChI=1S/C28H42O7/c1-17(29)33-16-27-13-9-20(34-18(2)30)15-19(27)7-8-22-21(27)10-12-26(6)23(11-14-28(22,26)32)35-24(31)25(3,4)5/h8,19-21,23,32H,7,9-16H2,1-6H3/t19-,20-,21-,23-,26+,27+,28-/m0/s1. The van der Waals surface area contributed by atoms with E-state index in [1.807, 2.05) is 20.8 Å². The molecule has 0 aromatic heterocycles. The smallest absolute Gasteiger partial charge is 0.311 e. The summed E-state index contributed by atoms with van der Waals surface area (Å²) in [6.07, 6.45) is 7.49. The highest BCUT2D eigenvalue weighted by atomic mass is 16.6.